The maximum absolute atomic E-state index is 12.5. The average Bonchev–Trinajstić information content (AvgIpc) is 2.65. The molecule has 2 aromatic carbocycles. The second-order valence-electron chi connectivity index (χ2n) is 7.14. The maximum atomic E-state index is 12.5. The molecule has 0 heterocycles. The zero-order valence-corrected chi connectivity index (χ0v) is 16.9. The standard InChI is InChI=1S/C21H25N3O5/c1-21(2,3)29-20(27)22-13-18(25)23-14-8-7-9-15(12-14)24-19(26)16-10-5-6-11-17(16)28-4/h5-12H,13H2,1-4H3,(H,22,27)(H,23,25)(H,24,26). The Balaban J connectivity index is 1.94. The molecule has 0 fully saturated rings. The molecule has 0 radical (unpaired) electrons. The molecule has 29 heavy (non-hydrogen) atoms. The van der Waals surface area contributed by atoms with Gasteiger partial charge < -0.3 is 25.4 Å². The van der Waals surface area contributed by atoms with E-state index in [4.69, 9.17) is 9.47 Å². The number of carbonyl (C=O) groups excluding carboxylic acids is 3. The number of amides is 3. The first kappa shape index (κ1) is 21.7. The van der Waals surface area contributed by atoms with Crippen molar-refractivity contribution in [2.24, 2.45) is 0 Å². The van der Waals surface area contributed by atoms with E-state index < -0.39 is 17.6 Å². The zero-order valence-electron chi connectivity index (χ0n) is 16.9. The fraction of sp³-hybridized carbons (Fsp3) is 0.286. The Kier molecular flexibility index (Phi) is 7.19. The largest absolute Gasteiger partial charge is 0.496 e. The summed E-state index contributed by atoms with van der Waals surface area (Å²) in [6.45, 7) is 4.96. The van der Waals surface area contributed by atoms with E-state index in [1.807, 2.05) is 0 Å². The molecule has 0 saturated carbocycles. The predicted octanol–water partition coefficient (Wildman–Crippen LogP) is 3.41. The van der Waals surface area contributed by atoms with Gasteiger partial charge in [0.1, 0.15) is 17.9 Å². The van der Waals surface area contributed by atoms with Crippen LogP contribution in [0.2, 0.25) is 0 Å². The quantitative estimate of drug-likeness (QED) is 0.690. The van der Waals surface area contributed by atoms with Crippen molar-refractivity contribution in [3.8, 4) is 5.75 Å². The monoisotopic (exact) mass is 399 g/mol. The first-order valence-electron chi connectivity index (χ1n) is 8.99. The summed E-state index contributed by atoms with van der Waals surface area (Å²) < 4.78 is 10.3. The zero-order chi connectivity index (χ0) is 21.4. The topological polar surface area (TPSA) is 106 Å². The molecule has 0 atom stereocenters. The number of anilines is 2. The highest BCUT2D eigenvalue weighted by atomic mass is 16.6. The number of hydrogen-bond acceptors (Lipinski definition) is 5. The lowest BCUT2D eigenvalue weighted by Gasteiger charge is -2.19. The van der Waals surface area contributed by atoms with Gasteiger partial charge in [0.2, 0.25) is 5.91 Å². The van der Waals surface area contributed by atoms with Crippen LogP contribution in [0.3, 0.4) is 0 Å². The van der Waals surface area contributed by atoms with Crippen molar-refractivity contribution in [2.75, 3.05) is 24.3 Å². The normalized spacial score (nSPS) is 10.6. The van der Waals surface area contributed by atoms with Gasteiger partial charge in [-0.3, -0.25) is 9.59 Å². The highest BCUT2D eigenvalue weighted by Gasteiger charge is 2.17. The summed E-state index contributed by atoms with van der Waals surface area (Å²) in [5, 5.41) is 7.80. The number of para-hydroxylation sites is 1. The second kappa shape index (κ2) is 9.59. The van der Waals surface area contributed by atoms with E-state index >= 15 is 0 Å². The maximum Gasteiger partial charge on any atom is 0.408 e. The van der Waals surface area contributed by atoms with Gasteiger partial charge in [-0.2, -0.15) is 0 Å². The molecule has 3 N–H and O–H groups in total. The Labute approximate surface area is 169 Å². The van der Waals surface area contributed by atoms with Crippen LogP contribution in [0.5, 0.6) is 5.75 Å². The lowest BCUT2D eigenvalue weighted by molar-refractivity contribution is -0.115. The van der Waals surface area contributed by atoms with Crippen LogP contribution in [0.25, 0.3) is 0 Å². The van der Waals surface area contributed by atoms with E-state index in [9.17, 15) is 14.4 Å². The summed E-state index contributed by atoms with van der Waals surface area (Å²) in [5.74, 6) is -0.302. The lowest BCUT2D eigenvalue weighted by atomic mass is 10.2. The minimum Gasteiger partial charge on any atom is -0.496 e. The number of methoxy groups -OCH3 is 1. The van der Waals surface area contributed by atoms with Crippen molar-refractivity contribution in [1.82, 2.24) is 5.32 Å². The van der Waals surface area contributed by atoms with Crippen LogP contribution in [0.4, 0.5) is 16.2 Å². The fourth-order valence-corrected chi connectivity index (χ4v) is 2.38. The van der Waals surface area contributed by atoms with Crippen molar-refractivity contribution in [2.45, 2.75) is 26.4 Å². The molecule has 8 nitrogen and oxygen atoms in total. The van der Waals surface area contributed by atoms with Crippen molar-refractivity contribution in [3.63, 3.8) is 0 Å². The third kappa shape index (κ3) is 7.17. The molecule has 3 amide bonds. The van der Waals surface area contributed by atoms with Gasteiger partial charge in [0, 0.05) is 11.4 Å². The van der Waals surface area contributed by atoms with Gasteiger partial charge in [0.15, 0.2) is 0 Å². The van der Waals surface area contributed by atoms with E-state index in [1.165, 1.54) is 7.11 Å². The smallest absolute Gasteiger partial charge is 0.408 e. The summed E-state index contributed by atoms with van der Waals surface area (Å²) in [6.07, 6.45) is -0.675. The highest BCUT2D eigenvalue weighted by molar-refractivity contribution is 6.06. The second-order valence-corrected chi connectivity index (χ2v) is 7.14. The van der Waals surface area contributed by atoms with Gasteiger partial charge in [-0.25, -0.2) is 4.79 Å². The molecule has 2 rings (SSSR count). The van der Waals surface area contributed by atoms with Crippen LogP contribution < -0.4 is 20.7 Å². The molecule has 0 aliphatic carbocycles. The van der Waals surface area contributed by atoms with Gasteiger partial charge in [-0.1, -0.05) is 18.2 Å². The van der Waals surface area contributed by atoms with E-state index in [-0.39, 0.29) is 12.5 Å². The Morgan fingerprint density at radius 1 is 0.931 bits per heavy atom. The SMILES string of the molecule is COc1ccccc1C(=O)Nc1cccc(NC(=O)CNC(=O)OC(C)(C)C)c1. The van der Waals surface area contributed by atoms with Crippen LogP contribution in [-0.2, 0) is 9.53 Å². The van der Waals surface area contributed by atoms with Crippen LogP contribution in [0.15, 0.2) is 48.5 Å². The van der Waals surface area contributed by atoms with E-state index in [1.54, 1.807) is 69.3 Å². The molecule has 0 saturated heterocycles. The summed E-state index contributed by atoms with van der Waals surface area (Å²) in [4.78, 5) is 36.1. The van der Waals surface area contributed by atoms with Gasteiger partial charge in [0.05, 0.1) is 12.7 Å². The first-order valence-corrected chi connectivity index (χ1v) is 8.99. The van der Waals surface area contributed by atoms with Crippen LogP contribution >= 0.6 is 0 Å². The number of carbonyl (C=O) groups is 3. The van der Waals surface area contributed by atoms with Crippen molar-refractivity contribution in [3.05, 3.63) is 54.1 Å². The van der Waals surface area contributed by atoms with Crippen LogP contribution in [0.1, 0.15) is 31.1 Å². The van der Waals surface area contributed by atoms with Crippen molar-refractivity contribution < 1.29 is 23.9 Å². The molecular formula is C21H25N3O5. The van der Waals surface area contributed by atoms with Crippen molar-refractivity contribution in [1.29, 1.82) is 0 Å². The Hall–Kier alpha value is -3.55. The third-order valence-electron chi connectivity index (χ3n) is 3.55. The Morgan fingerprint density at radius 2 is 1.59 bits per heavy atom. The molecule has 0 unspecified atom stereocenters. The number of hydrogen-bond donors (Lipinski definition) is 3. The summed E-state index contributed by atoms with van der Waals surface area (Å²) >= 11 is 0. The number of rotatable bonds is 6. The van der Waals surface area contributed by atoms with Gasteiger partial charge in [-0.05, 0) is 51.1 Å². The van der Waals surface area contributed by atoms with Crippen molar-refractivity contribution >= 4 is 29.3 Å². The predicted molar refractivity (Wildman–Crippen MR) is 110 cm³/mol. The van der Waals surface area contributed by atoms with E-state index in [0.717, 1.165) is 0 Å². The van der Waals surface area contributed by atoms with Crippen LogP contribution in [0, 0.1) is 0 Å². The van der Waals surface area contributed by atoms with Gasteiger partial charge >= 0.3 is 6.09 Å². The number of ether oxygens (including phenoxy) is 2. The molecule has 0 aromatic heterocycles. The fourth-order valence-electron chi connectivity index (χ4n) is 2.38. The number of alkyl carbamates (subject to hydrolysis) is 1. The molecule has 0 aliphatic heterocycles. The molecule has 154 valence electrons. The summed E-state index contributed by atoms with van der Waals surface area (Å²) in [6, 6.07) is 13.5. The highest BCUT2D eigenvalue weighted by Crippen LogP contribution is 2.20. The van der Waals surface area contributed by atoms with Gasteiger partial charge in [-0.15, -0.1) is 0 Å². The average molecular weight is 399 g/mol. The van der Waals surface area contributed by atoms with E-state index in [2.05, 4.69) is 16.0 Å². The minimum atomic E-state index is -0.675. The lowest BCUT2D eigenvalue weighted by Crippen LogP contribution is -2.37. The molecule has 8 heteroatoms. The molecule has 0 aliphatic rings. The summed E-state index contributed by atoms with van der Waals surface area (Å²) in [5.41, 5.74) is 0.720. The Bertz CT molecular complexity index is 890. The van der Waals surface area contributed by atoms with Gasteiger partial charge in [0.25, 0.3) is 5.91 Å². The minimum absolute atomic E-state index is 0.243. The third-order valence-corrected chi connectivity index (χ3v) is 3.55. The number of benzene rings is 2. The van der Waals surface area contributed by atoms with Crippen LogP contribution in [-0.4, -0.2) is 37.2 Å². The molecule has 0 spiro atoms. The number of nitrogens with one attached hydrogen (secondary N) is 3. The molecule has 0 bridgehead atoms. The molecule has 2 aromatic rings. The summed E-state index contributed by atoms with van der Waals surface area (Å²) in [7, 11) is 1.49. The first-order chi connectivity index (χ1) is 13.7. The molecular weight excluding hydrogens is 374 g/mol. The Morgan fingerprint density at radius 3 is 2.24 bits per heavy atom. The van der Waals surface area contributed by atoms with E-state index in [0.29, 0.717) is 22.7 Å².